The Kier molecular flexibility index (Phi) is 6.11. The van der Waals surface area contributed by atoms with E-state index in [4.69, 9.17) is 0 Å². The highest BCUT2D eigenvalue weighted by Crippen LogP contribution is 2.59. The maximum atomic E-state index is 12.8. The molecule has 1 amide bonds. The molecule has 1 rings (SSSR count). The zero-order chi connectivity index (χ0) is 14.5. The number of hydrogen-bond acceptors (Lipinski definition) is 3. The highest BCUT2D eigenvalue weighted by atomic mass is 32.7. The number of amides is 1. The fourth-order valence-corrected chi connectivity index (χ4v) is 5.89. The van der Waals surface area contributed by atoms with Crippen LogP contribution in [-0.4, -0.2) is 29.9 Å². The number of rotatable bonds is 6. The normalized spacial score (nSPS) is 15.6. The SMILES string of the molecule is CCC(C)SP(=O)(NC)N(C)C(=O)c1ccccc1. The molecule has 0 aliphatic carbocycles. The van der Waals surface area contributed by atoms with Crippen molar-refractivity contribution in [2.75, 3.05) is 14.1 Å². The van der Waals surface area contributed by atoms with E-state index in [9.17, 15) is 9.36 Å². The second-order valence-electron chi connectivity index (χ2n) is 4.26. The summed E-state index contributed by atoms with van der Waals surface area (Å²) in [6.07, 6.45) is 0.906. The number of nitrogens with zero attached hydrogens (tertiary/aromatic N) is 1. The maximum Gasteiger partial charge on any atom is 0.294 e. The van der Waals surface area contributed by atoms with Crippen LogP contribution >= 0.6 is 18.0 Å². The molecule has 0 aliphatic rings. The molecule has 106 valence electrons. The number of carbonyl (C=O) groups is 1. The first-order valence-electron chi connectivity index (χ1n) is 6.25. The Hall–Kier alpha value is -0.770. The van der Waals surface area contributed by atoms with Crippen LogP contribution in [0.3, 0.4) is 0 Å². The third-order valence-electron chi connectivity index (χ3n) is 2.89. The lowest BCUT2D eigenvalue weighted by molar-refractivity contribution is 0.0882. The molecule has 0 aliphatic heterocycles. The van der Waals surface area contributed by atoms with Crippen molar-refractivity contribution < 1.29 is 9.36 Å². The Morgan fingerprint density at radius 1 is 1.42 bits per heavy atom. The molecule has 0 spiro atoms. The van der Waals surface area contributed by atoms with Gasteiger partial charge in [0.05, 0.1) is 0 Å². The van der Waals surface area contributed by atoms with E-state index >= 15 is 0 Å². The molecule has 0 bridgehead atoms. The van der Waals surface area contributed by atoms with Gasteiger partial charge in [0, 0.05) is 17.9 Å². The minimum atomic E-state index is -2.94. The van der Waals surface area contributed by atoms with E-state index in [1.807, 2.05) is 19.9 Å². The first kappa shape index (κ1) is 16.3. The zero-order valence-electron chi connectivity index (χ0n) is 11.8. The van der Waals surface area contributed by atoms with E-state index in [-0.39, 0.29) is 11.2 Å². The summed E-state index contributed by atoms with van der Waals surface area (Å²) in [5.74, 6) is -0.228. The van der Waals surface area contributed by atoms with Gasteiger partial charge in [-0.2, -0.15) is 0 Å². The summed E-state index contributed by atoms with van der Waals surface area (Å²) in [5.41, 5.74) is 0.547. The van der Waals surface area contributed by atoms with Crippen molar-refractivity contribution in [1.29, 1.82) is 0 Å². The third-order valence-corrected chi connectivity index (χ3v) is 8.63. The van der Waals surface area contributed by atoms with E-state index in [2.05, 4.69) is 5.09 Å². The average Bonchev–Trinajstić information content (AvgIpc) is 2.46. The fourth-order valence-electron chi connectivity index (χ4n) is 1.48. The van der Waals surface area contributed by atoms with Gasteiger partial charge in [0.1, 0.15) is 0 Å². The maximum absolute atomic E-state index is 12.8. The Bertz CT molecular complexity index is 467. The van der Waals surface area contributed by atoms with Gasteiger partial charge in [0.25, 0.3) is 12.6 Å². The molecule has 0 fully saturated rings. The molecule has 4 nitrogen and oxygen atoms in total. The largest absolute Gasteiger partial charge is 0.294 e. The quantitative estimate of drug-likeness (QED) is 0.815. The van der Waals surface area contributed by atoms with Crippen LogP contribution in [-0.2, 0) is 4.57 Å². The number of hydrogen-bond donors (Lipinski definition) is 1. The second kappa shape index (κ2) is 7.13. The highest BCUT2D eigenvalue weighted by Gasteiger charge is 2.32. The van der Waals surface area contributed by atoms with Crippen LogP contribution in [0.15, 0.2) is 30.3 Å². The van der Waals surface area contributed by atoms with Crippen LogP contribution in [0.4, 0.5) is 0 Å². The van der Waals surface area contributed by atoms with Crippen LogP contribution in [0.2, 0.25) is 0 Å². The Labute approximate surface area is 119 Å². The number of benzene rings is 1. The van der Waals surface area contributed by atoms with Gasteiger partial charge in [0.2, 0.25) is 0 Å². The first-order valence-corrected chi connectivity index (χ1v) is 9.40. The minimum Gasteiger partial charge on any atom is -0.272 e. The second-order valence-corrected chi connectivity index (χ2v) is 9.48. The number of nitrogens with one attached hydrogen (secondary N) is 1. The van der Waals surface area contributed by atoms with E-state index in [1.54, 1.807) is 38.4 Å². The summed E-state index contributed by atoms with van der Waals surface area (Å²) >= 11 is 1.33. The fraction of sp³-hybridized carbons (Fsp3) is 0.462. The molecule has 1 aromatic carbocycles. The molecule has 19 heavy (non-hydrogen) atoms. The van der Waals surface area contributed by atoms with Crippen molar-refractivity contribution in [3.8, 4) is 0 Å². The van der Waals surface area contributed by atoms with Crippen molar-refractivity contribution in [2.45, 2.75) is 25.5 Å². The van der Waals surface area contributed by atoms with Crippen molar-refractivity contribution in [2.24, 2.45) is 0 Å². The molecule has 0 saturated heterocycles. The van der Waals surface area contributed by atoms with Crippen molar-refractivity contribution in [1.82, 2.24) is 9.76 Å². The van der Waals surface area contributed by atoms with Crippen molar-refractivity contribution in [3.05, 3.63) is 35.9 Å². The number of carbonyl (C=O) groups excluding carboxylic acids is 1. The van der Waals surface area contributed by atoms with Gasteiger partial charge >= 0.3 is 0 Å². The molecule has 0 heterocycles. The molecule has 2 atom stereocenters. The lowest BCUT2D eigenvalue weighted by Crippen LogP contribution is -2.28. The topological polar surface area (TPSA) is 49.4 Å². The van der Waals surface area contributed by atoms with E-state index in [1.165, 1.54) is 16.1 Å². The van der Waals surface area contributed by atoms with Crippen molar-refractivity contribution >= 4 is 23.9 Å². The molecule has 1 N–H and O–H groups in total. The summed E-state index contributed by atoms with van der Waals surface area (Å²) in [4.78, 5) is 12.3. The van der Waals surface area contributed by atoms with Crippen LogP contribution in [0.5, 0.6) is 0 Å². The van der Waals surface area contributed by atoms with Gasteiger partial charge in [-0.15, -0.1) is 0 Å². The standard InChI is InChI=1S/C13H21N2O2PS/c1-5-11(2)19-18(17,14-3)15(4)13(16)12-9-7-6-8-10-12/h6-11H,5H2,1-4H3,(H,14,17). The zero-order valence-corrected chi connectivity index (χ0v) is 13.5. The Morgan fingerprint density at radius 3 is 2.47 bits per heavy atom. The van der Waals surface area contributed by atoms with Crippen molar-refractivity contribution in [3.63, 3.8) is 0 Å². The average molecular weight is 300 g/mol. The lowest BCUT2D eigenvalue weighted by Gasteiger charge is -2.28. The van der Waals surface area contributed by atoms with Gasteiger partial charge in [-0.25, -0.2) is 5.09 Å². The van der Waals surface area contributed by atoms with Crippen LogP contribution in [0.1, 0.15) is 30.6 Å². The molecule has 6 heteroatoms. The van der Waals surface area contributed by atoms with Gasteiger partial charge in [-0.1, -0.05) is 43.4 Å². The Morgan fingerprint density at radius 2 is 2.00 bits per heavy atom. The minimum absolute atomic E-state index is 0.226. The highest BCUT2D eigenvalue weighted by molar-refractivity contribution is 8.57. The summed E-state index contributed by atoms with van der Waals surface area (Å²) in [7, 11) is 3.22. The smallest absolute Gasteiger partial charge is 0.272 e. The van der Waals surface area contributed by atoms with E-state index in [0.29, 0.717) is 5.56 Å². The molecule has 2 unspecified atom stereocenters. The van der Waals surface area contributed by atoms with Gasteiger partial charge in [0.15, 0.2) is 0 Å². The van der Waals surface area contributed by atoms with Gasteiger partial charge < -0.3 is 0 Å². The molecular formula is C13H21N2O2PS. The third kappa shape index (κ3) is 4.10. The molecule has 1 aromatic rings. The summed E-state index contributed by atoms with van der Waals surface area (Å²) in [6.45, 7) is 1.11. The molecule has 0 radical (unpaired) electrons. The molecular weight excluding hydrogens is 279 g/mol. The predicted molar refractivity (Wildman–Crippen MR) is 82.5 cm³/mol. The van der Waals surface area contributed by atoms with Gasteiger partial charge in [-0.3, -0.25) is 14.0 Å². The summed E-state index contributed by atoms with van der Waals surface area (Å²) in [5, 5.41) is 3.04. The molecule has 0 aromatic heterocycles. The first-order chi connectivity index (χ1) is 8.94. The lowest BCUT2D eigenvalue weighted by atomic mass is 10.2. The van der Waals surface area contributed by atoms with E-state index in [0.717, 1.165) is 6.42 Å². The predicted octanol–water partition coefficient (Wildman–Crippen LogP) is 3.62. The monoisotopic (exact) mass is 300 g/mol. The van der Waals surface area contributed by atoms with Crippen LogP contribution in [0, 0.1) is 0 Å². The van der Waals surface area contributed by atoms with E-state index < -0.39 is 6.65 Å². The van der Waals surface area contributed by atoms with Gasteiger partial charge in [-0.05, 0) is 25.6 Å². The molecule has 0 saturated carbocycles. The van der Waals surface area contributed by atoms with Crippen LogP contribution < -0.4 is 5.09 Å². The van der Waals surface area contributed by atoms with Crippen LogP contribution in [0.25, 0.3) is 0 Å². The Balaban J connectivity index is 2.93. The summed E-state index contributed by atoms with van der Waals surface area (Å²) in [6, 6.07) is 8.90. The summed E-state index contributed by atoms with van der Waals surface area (Å²) < 4.78 is 14.2.